The summed E-state index contributed by atoms with van der Waals surface area (Å²) in [5.41, 5.74) is 0.819. The smallest absolute Gasteiger partial charge is 0.254 e. The molecule has 0 aromatic heterocycles. The van der Waals surface area contributed by atoms with Gasteiger partial charge in [-0.3, -0.25) is 4.79 Å². The standard InChI is InChI=1S/C17H19NO/c1-18(12-13-6-4-7-13)17(19)16-11-5-9-14-8-2-3-10-15(14)16/h2-3,5,8-11,13H,4,6-7,12H2,1H3. The highest BCUT2D eigenvalue weighted by atomic mass is 16.2. The third-order valence-corrected chi connectivity index (χ3v) is 4.12. The SMILES string of the molecule is CN(CC1CCC1)C(=O)c1cccc2ccccc12. The lowest BCUT2D eigenvalue weighted by Gasteiger charge is -2.30. The van der Waals surface area contributed by atoms with Crippen LogP contribution in [0.1, 0.15) is 29.6 Å². The summed E-state index contributed by atoms with van der Waals surface area (Å²) in [5, 5.41) is 2.18. The number of hydrogen-bond acceptors (Lipinski definition) is 1. The van der Waals surface area contributed by atoms with Crippen LogP contribution in [0.3, 0.4) is 0 Å². The summed E-state index contributed by atoms with van der Waals surface area (Å²) in [6.07, 6.45) is 3.86. The number of amides is 1. The summed E-state index contributed by atoms with van der Waals surface area (Å²) in [4.78, 5) is 14.4. The molecule has 0 heterocycles. The van der Waals surface area contributed by atoms with E-state index in [4.69, 9.17) is 0 Å². The van der Waals surface area contributed by atoms with E-state index in [1.165, 1.54) is 19.3 Å². The Morgan fingerprint density at radius 2 is 1.89 bits per heavy atom. The first-order chi connectivity index (χ1) is 9.25. The second-order valence-corrected chi connectivity index (χ2v) is 5.51. The number of nitrogens with zero attached hydrogens (tertiary/aromatic N) is 1. The van der Waals surface area contributed by atoms with Gasteiger partial charge in [0.15, 0.2) is 0 Å². The molecule has 1 fully saturated rings. The first-order valence-corrected chi connectivity index (χ1v) is 6.99. The lowest BCUT2D eigenvalue weighted by atomic mass is 9.85. The molecule has 2 nitrogen and oxygen atoms in total. The van der Waals surface area contributed by atoms with Gasteiger partial charge in [0, 0.05) is 19.2 Å². The highest BCUT2D eigenvalue weighted by Gasteiger charge is 2.22. The molecule has 3 rings (SSSR count). The summed E-state index contributed by atoms with van der Waals surface area (Å²) in [6, 6.07) is 14.0. The summed E-state index contributed by atoms with van der Waals surface area (Å²) < 4.78 is 0. The first-order valence-electron chi connectivity index (χ1n) is 6.99. The van der Waals surface area contributed by atoms with Gasteiger partial charge in [-0.25, -0.2) is 0 Å². The van der Waals surface area contributed by atoms with Crippen LogP contribution in [0.25, 0.3) is 10.8 Å². The number of carbonyl (C=O) groups excluding carboxylic acids is 1. The fourth-order valence-electron chi connectivity index (χ4n) is 2.76. The minimum atomic E-state index is 0.142. The molecule has 0 radical (unpaired) electrons. The Bertz CT molecular complexity index is 596. The van der Waals surface area contributed by atoms with Gasteiger partial charge in [-0.2, -0.15) is 0 Å². The number of carbonyl (C=O) groups is 1. The zero-order chi connectivity index (χ0) is 13.2. The van der Waals surface area contributed by atoms with Crippen molar-refractivity contribution < 1.29 is 4.79 Å². The van der Waals surface area contributed by atoms with Gasteiger partial charge in [0.05, 0.1) is 0 Å². The van der Waals surface area contributed by atoms with Crippen LogP contribution in [0.4, 0.5) is 0 Å². The fraction of sp³-hybridized carbons (Fsp3) is 0.353. The summed E-state index contributed by atoms with van der Waals surface area (Å²) >= 11 is 0. The quantitative estimate of drug-likeness (QED) is 0.816. The molecule has 1 aliphatic carbocycles. The van der Waals surface area contributed by atoms with Crippen molar-refractivity contribution in [2.24, 2.45) is 5.92 Å². The van der Waals surface area contributed by atoms with E-state index in [2.05, 4.69) is 12.1 Å². The molecule has 0 bridgehead atoms. The fourth-order valence-corrected chi connectivity index (χ4v) is 2.76. The van der Waals surface area contributed by atoms with E-state index in [0.29, 0.717) is 5.92 Å². The number of hydrogen-bond donors (Lipinski definition) is 0. The summed E-state index contributed by atoms with van der Waals surface area (Å²) in [5.74, 6) is 0.854. The molecular formula is C17H19NO. The van der Waals surface area contributed by atoms with Crippen molar-refractivity contribution in [1.29, 1.82) is 0 Å². The monoisotopic (exact) mass is 253 g/mol. The van der Waals surface area contributed by atoms with Crippen LogP contribution in [-0.4, -0.2) is 24.4 Å². The van der Waals surface area contributed by atoms with Gasteiger partial charge < -0.3 is 4.90 Å². The van der Waals surface area contributed by atoms with Crippen LogP contribution in [0.2, 0.25) is 0 Å². The first kappa shape index (κ1) is 12.2. The second kappa shape index (κ2) is 5.04. The van der Waals surface area contributed by atoms with Gasteiger partial charge in [0.2, 0.25) is 0 Å². The molecule has 1 amide bonds. The number of fused-ring (bicyclic) bond motifs is 1. The van der Waals surface area contributed by atoms with E-state index < -0.39 is 0 Å². The Morgan fingerprint density at radius 3 is 2.63 bits per heavy atom. The largest absolute Gasteiger partial charge is 0.341 e. The average molecular weight is 253 g/mol. The minimum Gasteiger partial charge on any atom is -0.341 e. The van der Waals surface area contributed by atoms with Gasteiger partial charge in [0.1, 0.15) is 0 Å². The Morgan fingerprint density at radius 1 is 1.16 bits per heavy atom. The van der Waals surface area contributed by atoms with Gasteiger partial charge in [-0.05, 0) is 35.6 Å². The summed E-state index contributed by atoms with van der Waals surface area (Å²) in [6.45, 7) is 0.891. The molecule has 0 atom stereocenters. The van der Waals surface area contributed by atoms with Crippen LogP contribution >= 0.6 is 0 Å². The highest BCUT2D eigenvalue weighted by Crippen LogP contribution is 2.27. The zero-order valence-corrected chi connectivity index (χ0v) is 11.3. The van der Waals surface area contributed by atoms with Crippen LogP contribution < -0.4 is 0 Å². The van der Waals surface area contributed by atoms with E-state index in [1.807, 2.05) is 42.3 Å². The van der Waals surface area contributed by atoms with Crippen LogP contribution in [0.15, 0.2) is 42.5 Å². The summed E-state index contributed by atoms with van der Waals surface area (Å²) in [7, 11) is 1.92. The Kier molecular flexibility index (Phi) is 3.24. The molecule has 0 spiro atoms. The van der Waals surface area contributed by atoms with E-state index in [-0.39, 0.29) is 5.91 Å². The Labute approximate surface area is 114 Å². The molecule has 0 saturated heterocycles. The number of benzene rings is 2. The molecule has 2 aromatic carbocycles. The molecule has 19 heavy (non-hydrogen) atoms. The predicted molar refractivity (Wildman–Crippen MR) is 78.2 cm³/mol. The van der Waals surface area contributed by atoms with Crippen molar-refractivity contribution >= 4 is 16.7 Å². The van der Waals surface area contributed by atoms with E-state index >= 15 is 0 Å². The van der Waals surface area contributed by atoms with Crippen molar-refractivity contribution in [3.8, 4) is 0 Å². The topological polar surface area (TPSA) is 20.3 Å². The van der Waals surface area contributed by atoms with E-state index in [1.54, 1.807) is 0 Å². The van der Waals surface area contributed by atoms with Crippen molar-refractivity contribution in [2.75, 3.05) is 13.6 Å². The maximum Gasteiger partial charge on any atom is 0.254 e. The van der Waals surface area contributed by atoms with Crippen molar-refractivity contribution in [3.05, 3.63) is 48.0 Å². The molecule has 2 aromatic rings. The molecule has 0 N–H and O–H groups in total. The van der Waals surface area contributed by atoms with Crippen LogP contribution in [-0.2, 0) is 0 Å². The van der Waals surface area contributed by atoms with Gasteiger partial charge >= 0.3 is 0 Å². The van der Waals surface area contributed by atoms with Gasteiger partial charge in [-0.15, -0.1) is 0 Å². The predicted octanol–water partition coefficient (Wildman–Crippen LogP) is 3.71. The van der Waals surface area contributed by atoms with Gasteiger partial charge in [-0.1, -0.05) is 42.8 Å². The molecule has 0 unspecified atom stereocenters. The normalized spacial score (nSPS) is 15.2. The van der Waals surface area contributed by atoms with Crippen molar-refractivity contribution in [1.82, 2.24) is 4.90 Å². The average Bonchev–Trinajstić information content (AvgIpc) is 2.41. The Hall–Kier alpha value is -1.83. The molecule has 98 valence electrons. The zero-order valence-electron chi connectivity index (χ0n) is 11.3. The van der Waals surface area contributed by atoms with Crippen molar-refractivity contribution in [3.63, 3.8) is 0 Å². The maximum absolute atomic E-state index is 12.6. The lowest BCUT2D eigenvalue weighted by molar-refractivity contribution is 0.0747. The molecule has 1 saturated carbocycles. The van der Waals surface area contributed by atoms with E-state index in [0.717, 1.165) is 22.9 Å². The molecular weight excluding hydrogens is 234 g/mol. The van der Waals surface area contributed by atoms with Gasteiger partial charge in [0.25, 0.3) is 5.91 Å². The molecule has 2 heteroatoms. The second-order valence-electron chi connectivity index (χ2n) is 5.51. The minimum absolute atomic E-state index is 0.142. The lowest BCUT2D eigenvalue weighted by Crippen LogP contribution is -2.34. The third-order valence-electron chi connectivity index (χ3n) is 4.12. The number of rotatable bonds is 3. The molecule has 0 aliphatic heterocycles. The Balaban J connectivity index is 1.88. The van der Waals surface area contributed by atoms with Crippen LogP contribution in [0, 0.1) is 5.92 Å². The molecule has 1 aliphatic rings. The maximum atomic E-state index is 12.6. The third kappa shape index (κ3) is 2.35. The van der Waals surface area contributed by atoms with E-state index in [9.17, 15) is 4.79 Å². The van der Waals surface area contributed by atoms with Crippen LogP contribution in [0.5, 0.6) is 0 Å². The van der Waals surface area contributed by atoms with Crippen molar-refractivity contribution in [2.45, 2.75) is 19.3 Å². The highest BCUT2D eigenvalue weighted by molar-refractivity contribution is 6.06.